The zero-order valence-electron chi connectivity index (χ0n) is 14.3. The predicted octanol–water partition coefficient (Wildman–Crippen LogP) is 3.36. The molecule has 1 unspecified atom stereocenters. The highest BCUT2D eigenvalue weighted by Gasteiger charge is 2.24. The lowest BCUT2D eigenvalue weighted by atomic mass is 9.95. The second-order valence-corrected chi connectivity index (χ2v) is 6.77. The fourth-order valence-corrected chi connectivity index (χ4v) is 3.83. The first-order chi connectivity index (χ1) is 11.7. The average molecular weight is 321 g/mol. The first kappa shape index (κ1) is 15.1. The average Bonchev–Trinajstić information content (AvgIpc) is 3.09. The molecule has 1 saturated heterocycles. The molecule has 3 aromatic rings. The van der Waals surface area contributed by atoms with Crippen LogP contribution in [0.2, 0.25) is 0 Å². The summed E-state index contributed by atoms with van der Waals surface area (Å²) in [5, 5.41) is 9.32. The molecular formula is C19H23N5. The number of anilines is 1. The topological polar surface area (TPSA) is 46.8 Å². The van der Waals surface area contributed by atoms with Gasteiger partial charge in [0.15, 0.2) is 0 Å². The highest BCUT2D eigenvalue weighted by Crippen LogP contribution is 2.34. The van der Waals surface area contributed by atoms with E-state index in [1.165, 1.54) is 29.5 Å². The smallest absolute Gasteiger partial charge is 0.0726 e. The van der Waals surface area contributed by atoms with Crippen LogP contribution >= 0.6 is 0 Å². The quantitative estimate of drug-likeness (QED) is 0.742. The lowest BCUT2D eigenvalue weighted by Gasteiger charge is -2.36. The molecular weight excluding hydrogens is 298 g/mol. The summed E-state index contributed by atoms with van der Waals surface area (Å²) in [5.41, 5.74) is 4.88. The van der Waals surface area contributed by atoms with Crippen LogP contribution in [-0.2, 0) is 6.54 Å². The number of benzene rings is 1. The van der Waals surface area contributed by atoms with E-state index in [9.17, 15) is 0 Å². The van der Waals surface area contributed by atoms with Crippen LogP contribution in [0.4, 0.5) is 5.69 Å². The van der Waals surface area contributed by atoms with Crippen molar-refractivity contribution in [3.8, 4) is 0 Å². The van der Waals surface area contributed by atoms with E-state index in [2.05, 4.69) is 53.3 Å². The van der Waals surface area contributed by atoms with Crippen molar-refractivity contribution in [2.45, 2.75) is 33.2 Å². The Morgan fingerprint density at radius 2 is 2.08 bits per heavy atom. The maximum atomic E-state index is 4.76. The van der Waals surface area contributed by atoms with Crippen LogP contribution in [0.25, 0.3) is 10.9 Å². The van der Waals surface area contributed by atoms with Gasteiger partial charge in [0.25, 0.3) is 0 Å². The summed E-state index contributed by atoms with van der Waals surface area (Å²) in [6, 6.07) is 8.49. The molecule has 0 amide bonds. The van der Waals surface area contributed by atoms with E-state index in [4.69, 9.17) is 4.98 Å². The number of hydrogen-bond donors (Lipinski definition) is 0. The third-order valence-corrected chi connectivity index (χ3v) is 5.10. The monoisotopic (exact) mass is 321 g/mol. The molecule has 124 valence electrons. The highest BCUT2D eigenvalue weighted by molar-refractivity contribution is 5.93. The Balaban J connectivity index is 1.67. The largest absolute Gasteiger partial charge is 0.370 e. The molecule has 1 aliphatic heterocycles. The first-order valence-corrected chi connectivity index (χ1v) is 8.67. The van der Waals surface area contributed by atoms with E-state index >= 15 is 0 Å². The molecule has 0 aliphatic carbocycles. The molecule has 24 heavy (non-hydrogen) atoms. The van der Waals surface area contributed by atoms with E-state index in [1.807, 2.05) is 10.9 Å². The Labute approximate surface area is 142 Å². The van der Waals surface area contributed by atoms with Gasteiger partial charge in [0, 0.05) is 36.9 Å². The van der Waals surface area contributed by atoms with Gasteiger partial charge in [0.05, 0.1) is 17.4 Å². The van der Waals surface area contributed by atoms with Crippen molar-refractivity contribution in [1.82, 2.24) is 20.0 Å². The second-order valence-electron chi connectivity index (χ2n) is 6.77. The summed E-state index contributed by atoms with van der Waals surface area (Å²) >= 11 is 0. The van der Waals surface area contributed by atoms with Crippen LogP contribution in [0.5, 0.6) is 0 Å². The molecule has 3 heterocycles. The first-order valence-electron chi connectivity index (χ1n) is 8.67. The SMILES string of the molecule is Cc1nc2ccccc2c(N2CCCC(Cn3ccnn3)C2)c1C. The van der Waals surface area contributed by atoms with Gasteiger partial charge in [-0.1, -0.05) is 23.4 Å². The van der Waals surface area contributed by atoms with E-state index in [0.29, 0.717) is 5.92 Å². The van der Waals surface area contributed by atoms with Gasteiger partial charge in [0.2, 0.25) is 0 Å². The molecule has 5 heteroatoms. The van der Waals surface area contributed by atoms with Gasteiger partial charge in [-0.2, -0.15) is 0 Å². The van der Waals surface area contributed by atoms with Gasteiger partial charge < -0.3 is 4.90 Å². The molecule has 1 fully saturated rings. The Morgan fingerprint density at radius 1 is 1.21 bits per heavy atom. The van der Waals surface area contributed by atoms with Crippen molar-refractivity contribution in [2.75, 3.05) is 18.0 Å². The van der Waals surface area contributed by atoms with Gasteiger partial charge in [-0.25, -0.2) is 0 Å². The second kappa shape index (κ2) is 6.23. The van der Waals surface area contributed by atoms with Crippen LogP contribution in [0.1, 0.15) is 24.1 Å². The highest BCUT2D eigenvalue weighted by atomic mass is 15.4. The number of piperidine rings is 1. The third-order valence-electron chi connectivity index (χ3n) is 5.10. The standard InChI is InChI=1S/C19H23N5/c1-14-15(2)21-18-8-4-3-7-17(18)19(14)23-10-5-6-16(12-23)13-24-11-9-20-22-24/h3-4,7-9,11,16H,5-6,10,12-13H2,1-2H3. The van der Waals surface area contributed by atoms with Gasteiger partial charge >= 0.3 is 0 Å². The van der Waals surface area contributed by atoms with E-state index in [-0.39, 0.29) is 0 Å². The predicted molar refractivity (Wildman–Crippen MR) is 96.2 cm³/mol. The van der Waals surface area contributed by atoms with Crippen molar-refractivity contribution < 1.29 is 0 Å². The number of pyridine rings is 1. The summed E-state index contributed by atoms with van der Waals surface area (Å²) in [4.78, 5) is 7.31. The number of aryl methyl sites for hydroxylation is 1. The summed E-state index contributed by atoms with van der Waals surface area (Å²) in [7, 11) is 0. The molecule has 4 rings (SSSR count). The number of hydrogen-bond acceptors (Lipinski definition) is 4. The van der Waals surface area contributed by atoms with Crippen molar-refractivity contribution in [1.29, 1.82) is 0 Å². The molecule has 0 bridgehead atoms. The number of para-hydroxylation sites is 1. The van der Waals surface area contributed by atoms with Gasteiger partial charge in [-0.15, -0.1) is 5.10 Å². The molecule has 5 nitrogen and oxygen atoms in total. The maximum Gasteiger partial charge on any atom is 0.0726 e. The fraction of sp³-hybridized carbons (Fsp3) is 0.421. The normalized spacial score (nSPS) is 18.2. The van der Waals surface area contributed by atoms with Crippen molar-refractivity contribution in [2.24, 2.45) is 5.92 Å². The number of fused-ring (bicyclic) bond motifs is 1. The minimum atomic E-state index is 0.604. The Morgan fingerprint density at radius 3 is 2.92 bits per heavy atom. The molecule has 0 radical (unpaired) electrons. The summed E-state index contributed by atoms with van der Waals surface area (Å²) in [5.74, 6) is 0.604. The van der Waals surface area contributed by atoms with Gasteiger partial charge in [-0.3, -0.25) is 9.67 Å². The number of aromatic nitrogens is 4. The minimum absolute atomic E-state index is 0.604. The third kappa shape index (κ3) is 2.75. The van der Waals surface area contributed by atoms with Crippen LogP contribution in [-0.4, -0.2) is 33.1 Å². The molecule has 1 atom stereocenters. The number of nitrogens with zero attached hydrogens (tertiary/aromatic N) is 5. The van der Waals surface area contributed by atoms with Crippen molar-refractivity contribution in [3.05, 3.63) is 47.9 Å². The summed E-state index contributed by atoms with van der Waals surface area (Å²) < 4.78 is 1.96. The Hall–Kier alpha value is -2.43. The van der Waals surface area contributed by atoms with E-state index in [0.717, 1.165) is 30.8 Å². The van der Waals surface area contributed by atoms with Gasteiger partial charge in [0.1, 0.15) is 0 Å². The Bertz CT molecular complexity index is 840. The van der Waals surface area contributed by atoms with E-state index < -0.39 is 0 Å². The van der Waals surface area contributed by atoms with Crippen LogP contribution in [0.15, 0.2) is 36.7 Å². The molecule has 1 aliphatic rings. The zero-order chi connectivity index (χ0) is 16.5. The lowest BCUT2D eigenvalue weighted by Crippen LogP contribution is -2.37. The van der Waals surface area contributed by atoms with Crippen LogP contribution in [0, 0.1) is 19.8 Å². The van der Waals surface area contributed by atoms with Crippen molar-refractivity contribution in [3.63, 3.8) is 0 Å². The number of rotatable bonds is 3. The molecule has 0 spiro atoms. The molecule has 0 saturated carbocycles. The molecule has 1 aromatic carbocycles. The zero-order valence-corrected chi connectivity index (χ0v) is 14.3. The summed E-state index contributed by atoms with van der Waals surface area (Å²) in [6.45, 7) is 7.43. The van der Waals surface area contributed by atoms with E-state index in [1.54, 1.807) is 6.20 Å². The minimum Gasteiger partial charge on any atom is -0.370 e. The molecule has 0 N–H and O–H groups in total. The Kier molecular flexibility index (Phi) is 3.92. The van der Waals surface area contributed by atoms with Crippen LogP contribution < -0.4 is 4.90 Å². The maximum absolute atomic E-state index is 4.76. The lowest BCUT2D eigenvalue weighted by molar-refractivity contribution is 0.348. The molecule has 2 aromatic heterocycles. The van der Waals surface area contributed by atoms with Gasteiger partial charge in [-0.05, 0) is 44.2 Å². The van der Waals surface area contributed by atoms with Crippen LogP contribution in [0.3, 0.4) is 0 Å². The van der Waals surface area contributed by atoms with Crippen molar-refractivity contribution >= 4 is 16.6 Å². The fourth-order valence-electron chi connectivity index (χ4n) is 3.83. The summed E-state index contributed by atoms with van der Waals surface area (Å²) in [6.07, 6.45) is 6.17.